The van der Waals surface area contributed by atoms with Crippen LogP contribution in [0.2, 0.25) is 5.02 Å². The molecule has 6 nitrogen and oxygen atoms in total. The van der Waals surface area contributed by atoms with Crippen LogP contribution in [0, 0.1) is 15.9 Å². The van der Waals surface area contributed by atoms with Crippen LogP contribution in [0.15, 0.2) is 46.9 Å². The number of amides is 1. The monoisotopic (exact) mass is 334 g/mol. The molecule has 0 aliphatic carbocycles. The zero-order valence-electron chi connectivity index (χ0n) is 11.4. The number of hydrogen-bond donors (Lipinski definition) is 1. The van der Waals surface area contributed by atoms with E-state index in [1.54, 1.807) is 18.2 Å². The zero-order chi connectivity index (χ0) is 16.6. The summed E-state index contributed by atoms with van der Waals surface area (Å²) in [6.45, 7) is 0. The molecule has 1 N–H and O–H groups in total. The van der Waals surface area contributed by atoms with Crippen molar-refractivity contribution in [1.82, 2.24) is 0 Å². The first-order valence-electron chi connectivity index (χ1n) is 6.38. The van der Waals surface area contributed by atoms with Crippen molar-refractivity contribution in [3.05, 3.63) is 69.2 Å². The molecule has 0 bridgehead atoms. The Morgan fingerprint density at radius 2 is 2.00 bits per heavy atom. The molecule has 1 aromatic heterocycles. The van der Waals surface area contributed by atoms with Crippen LogP contribution < -0.4 is 5.32 Å². The van der Waals surface area contributed by atoms with Gasteiger partial charge in [0.25, 0.3) is 5.91 Å². The summed E-state index contributed by atoms with van der Waals surface area (Å²) in [6, 6.07) is 9.45. The lowest BCUT2D eigenvalue weighted by molar-refractivity contribution is -0.387. The normalized spacial score (nSPS) is 10.7. The van der Waals surface area contributed by atoms with E-state index in [1.165, 1.54) is 12.1 Å². The Morgan fingerprint density at radius 1 is 1.22 bits per heavy atom. The minimum absolute atomic E-state index is 0.00856. The van der Waals surface area contributed by atoms with Gasteiger partial charge in [-0.15, -0.1) is 0 Å². The fourth-order valence-electron chi connectivity index (χ4n) is 2.05. The Balaban J connectivity index is 1.88. The number of nitro benzene ring substituents is 1. The molecular weight excluding hydrogens is 327 g/mol. The van der Waals surface area contributed by atoms with Crippen molar-refractivity contribution in [3.8, 4) is 0 Å². The van der Waals surface area contributed by atoms with Crippen molar-refractivity contribution < 1.29 is 18.5 Å². The van der Waals surface area contributed by atoms with Gasteiger partial charge in [0, 0.05) is 22.2 Å². The van der Waals surface area contributed by atoms with Gasteiger partial charge in [-0.25, -0.2) is 0 Å². The molecule has 0 spiro atoms. The number of anilines is 1. The van der Waals surface area contributed by atoms with E-state index in [2.05, 4.69) is 5.32 Å². The summed E-state index contributed by atoms with van der Waals surface area (Å²) in [6.07, 6.45) is 0. The van der Waals surface area contributed by atoms with Crippen molar-refractivity contribution in [1.29, 1.82) is 0 Å². The Kier molecular flexibility index (Phi) is 3.71. The van der Waals surface area contributed by atoms with Crippen LogP contribution in [-0.4, -0.2) is 10.8 Å². The SMILES string of the molecule is O=C(Nc1ccc(F)c([N+](=O)[O-])c1)c1cc2cc(Cl)ccc2o1. The summed E-state index contributed by atoms with van der Waals surface area (Å²) < 4.78 is 18.7. The van der Waals surface area contributed by atoms with Crippen molar-refractivity contribution in [3.63, 3.8) is 0 Å². The maximum absolute atomic E-state index is 13.3. The molecule has 0 fully saturated rings. The number of nitro groups is 1. The second-order valence-corrected chi connectivity index (χ2v) is 5.11. The van der Waals surface area contributed by atoms with Crippen LogP contribution in [0.1, 0.15) is 10.6 Å². The lowest BCUT2D eigenvalue weighted by Gasteiger charge is -2.03. The maximum Gasteiger partial charge on any atom is 0.306 e. The van der Waals surface area contributed by atoms with Crippen LogP contribution in [0.5, 0.6) is 0 Å². The molecule has 1 heterocycles. The summed E-state index contributed by atoms with van der Waals surface area (Å²) in [5, 5.41) is 14.3. The number of hydrogen-bond acceptors (Lipinski definition) is 4. The number of rotatable bonds is 3. The van der Waals surface area contributed by atoms with Crippen molar-refractivity contribution in [2.75, 3.05) is 5.32 Å². The standard InChI is InChI=1S/C15H8ClFN2O4/c16-9-1-4-13-8(5-9)6-14(23-13)15(20)18-10-2-3-11(17)12(7-10)19(21)22/h1-7H,(H,18,20). The highest BCUT2D eigenvalue weighted by atomic mass is 35.5. The zero-order valence-corrected chi connectivity index (χ0v) is 12.1. The summed E-state index contributed by atoms with van der Waals surface area (Å²) in [4.78, 5) is 22.0. The first-order valence-corrected chi connectivity index (χ1v) is 6.76. The largest absolute Gasteiger partial charge is 0.451 e. The molecule has 2 aromatic carbocycles. The van der Waals surface area contributed by atoms with E-state index in [0.717, 1.165) is 12.1 Å². The predicted octanol–water partition coefficient (Wildman–Crippen LogP) is 4.39. The molecule has 8 heteroatoms. The highest BCUT2D eigenvalue weighted by Gasteiger charge is 2.17. The highest BCUT2D eigenvalue weighted by Crippen LogP contribution is 2.25. The Morgan fingerprint density at radius 3 is 2.74 bits per heavy atom. The van der Waals surface area contributed by atoms with Gasteiger partial charge in [-0.2, -0.15) is 4.39 Å². The van der Waals surface area contributed by atoms with Gasteiger partial charge < -0.3 is 9.73 Å². The van der Waals surface area contributed by atoms with E-state index in [0.29, 0.717) is 16.0 Å². The van der Waals surface area contributed by atoms with E-state index in [9.17, 15) is 19.3 Å². The Hall–Kier alpha value is -2.93. The third-order valence-electron chi connectivity index (χ3n) is 3.10. The van der Waals surface area contributed by atoms with Gasteiger partial charge in [0.1, 0.15) is 5.58 Å². The number of carbonyl (C=O) groups excluding carboxylic acids is 1. The van der Waals surface area contributed by atoms with Crippen LogP contribution in [0.3, 0.4) is 0 Å². The van der Waals surface area contributed by atoms with Gasteiger partial charge in [0.2, 0.25) is 5.82 Å². The van der Waals surface area contributed by atoms with E-state index < -0.39 is 22.3 Å². The molecule has 3 rings (SSSR count). The average molecular weight is 335 g/mol. The topological polar surface area (TPSA) is 85.4 Å². The third-order valence-corrected chi connectivity index (χ3v) is 3.34. The van der Waals surface area contributed by atoms with Gasteiger partial charge in [0.15, 0.2) is 5.76 Å². The summed E-state index contributed by atoms with van der Waals surface area (Å²) in [5.41, 5.74) is -0.162. The summed E-state index contributed by atoms with van der Waals surface area (Å²) >= 11 is 5.86. The van der Waals surface area contributed by atoms with Crippen LogP contribution in [-0.2, 0) is 0 Å². The van der Waals surface area contributed by atoms with E-state index in [1.807, 2.05) is 0 Å². The molecule has 0 radical (unpaired) electrons. The number of carbonyl (C=O) groups is 1. The maximum atomic E-state index is 13.3. The minimum Gasteiger partial charge on any atom is -0.451 e. The molecule has 0 aliphatic rings. The fraction of sp³-hybridized carbons (Fsp3) is 0. The quantitative estimate of drug-likeness (QED) is 0.568. The predicted molar refractivity (Wildman–Crippen MR) is 82.2 cm³/mol. The highest BCUT2D eigenvalue weighted by molar-refractivity contribution is 6.31. The molecule has 0 saturated heterocycles. The first kappa shape index (κ1) is 15.0. The lowest BCUT2D eigenvalue weighted by atomic mass is 10.2. The molecule has 0 atom stereocenters. The van der Waals surface area contributed by atoms with Gasteiger partial charge in [-0.05, 0) is 36.4 Å². The molecule has 1 amide bonds. The smallest absolute Gasteiger partial charge is 0.306 e. The third kappa shape index (κ3) is 3.00. The average Bonchev–Trinajstić information content (AvgIpc) is 2.92. The molecule has 0 saturated carbocycles. The van der Waals surface area contributed by atoms with Crippen LogP contribution in [0.25, 0.3) is 11.0 Å². The van der Waals surface area contributed by atoms with Gasteiger partial charge in [-0.3, -0.25) is 14.9 Å². The second-order valence-electron chi connectivity index (χ2n) is 4.67. The van der Waals surface area contributed by atoms with Crippen molar-refractivity contribution in [2.24, 2.45) is 0 Å². The molecule has 0 aliphatic heterocycles. The van der Waals surface area contributed by atoms with Crippen LogP contribution in [0.4, 0.5) is 15.8 Å². The number of fused-ring (bicyclic) bond motifs is 1. The number of furan rings is 1. The van der Waals surface area contributed by atoms with Gasteiger partial charge in [-0.1, -0.05) is 11.6 Å². The second kappa shape index (κ2) is 5.69. The fourth-order valence-corrected chi connectivity index (χ4v) is 2.23. The lowest BCUT2D eigenvalue weighted by Crippen LogP contribution is -2.11. The summed E-state index contributed by atoms with van der Waals surface area (Å²) in [5.74, 6) is -1.58. The number of nitrogens with zero attached hydrogens (tertiary/aromatic N) is 1. The number of nitrogens with one attached hydrogen (secondary N) is 1. The number of halogens is 2. The Bertz CT molecular complexity index is 938. The van der Waals surface area contributed by atoms with Crippen molar-refractivity contribution >= 4 is 39.9 Å². The van der Waals surface area contributed by atoms with E-state index in [-0.39, 0.29) is 11.4 Å². The van der Waals surface area contributed by atoms with E-state index in [4.69, 9.17) is 16.0 Å². The van der Waals surface area contributed by atoms with Gasteiger partial charge >= 0.3 is 5.69 Å². The molecule has 116 valence electrons. The molecular formula is C15H8ClFN2O4. The molecule has 3 aromatic rings. The first-order chi connectivity index (χ1) is 10.9. The molecule has 0 unspecified atom stereocenters. The molecule has 23 heavy (non-hydrogen) atoms. The number of benzene rings is 2. The summed E-state index contributed by atoms with van der Waals surface area (Å²) in [7, 11) is 0. The van der Waals surface area contributed by atoms with E-state index >= 15 is 0 Å². The van der Waals surface area contributed by atoms with Crippen molar-refractivity contribution in [2.45, 2.75) is 0 Å². The Labute approximate surface area is 133 Å². The van der Waals surface area contributed by atoms with Gasteiger partial charge in [0.05, 0.1) is 4.92 Å². The van der Waals surface area contributed by atoms with Crippen LogP contribution >= 0.6 is 11.6 Å². The minimum atomic E-state index is -0.980.